The highest BCUT2D eigenvalue weighted by Crippen LogP contribution is 2.25. The van der Waals surface area contributed by atoms with Crippen LogP contribution in [0.2, 0.25) is 0 Å². The van der Waals surface area contributed by atoms with E-state index in [4.69, 9.17) is 9.15 Å². The van der Waals surface area contributed by atoms with Crippen molar-refractivity contribution in [2.24, 2.45) is 5.92 Å². The van der Waals surface area contributed by atoms with Gasteiger partial charge in [-0.15, -0.1) is 0 Å². The zero-order valence-electron chi connectivity index (χ0n) is 12.2. The largest absolute Gasteiger partial charge is 0.489 e. The number of rotatable bonds is 5. The molecule has 2 aromatic rings. The van der Waals surface area contributed by atoms with Crippen molar-refractivity contribution in [3.05, 3.63) is 52.4 Å². The first-order valence-electron chi connectivity index (χ1n) is 6.83. The van der Waals surface area contributed by atoms with Crippen molar-refractivity contribution in [1.29, 1.82) is 0 Å². The molecule has 0 spiro atoms. The van der Waals surface area contributed by atoms with Crippen LogP contribution >= 0.6 is 0 Å². The molecule has 0 bridgehead atoms. The summed E-state index contributed by atoms with van der Waals surface area (Å²) in [4.78, 5) is 12.1. The van der Waals surface area contributed by atoms with Gasteiger partial charge in [0.15, 0.2) is 0 Å². The summed E-state index contributed by atoms with van der Waals surface area (Å²) in [6.07, 6.45) is 2.41. The van der Waals surface area contributed by atoms with Crippen molar-refractivity contribution in [2.75, 3.05) is 6.61 Å². The summed E-state index contributed by atoms with van der Waals surface area (Å²) in [7, 11) is 0. The molecule has 0 N–H and O–H groups in total. The molecule has 1 aromatic heterocycles. The van der Waals surface area contributed by atoms with Crippen LogP contribution in [0.3, 0.4) is 0 Å². The molecule has 0 aliphatic rings. The lowest BCUT2D eigenvalue weighted by Crippen LogP contribution is -2.12. The number of fused-ring (bicyclic) bond motifs is 1. The van der Waals surface area contributed by atoms with Gasteiger partial charge in [0.25, 0.3) is 0 Å². The predicted octanol–water partition coefficient (Wildman–Crippen LogP) is 3.86. The molecule has 0 atom stereocenters. The Morgan fingerprint density at radius 1 is 1.40 bits per heavy atom. The molecule has 0 fully saturated rings. The molecule has 2 rings (SSSR count). The van der Waals surface area contributed by atoms with E-state index in [1.165, 1.54) is 0 Å². The monoisotopic (exact) mass is 272 g/mol. The third-order valence-electron chi connectivity index (χ3n) is 3.24. The lowest BCUT2D eigenvalue weighted by atomic mass is 9.98. The SMILES string of the molecule is C=CCOc1ccc2c(C)c(CC(C)C)c(=O)oc2c1. The Kier molecular flexibility index (Phi) is 4.28. The molecule has 3 heteroatoms. The molecule has 0 aliphatic carbocycles. The smallest absolute Gasteiger partial charge is 0.339 e. The molecule has 0 saturated heterocycles. The van der Waals surface area contributed by atoms with E-state index in [9.17, 15) is 4.79 Å². The van der Waals surface area contributed by atoms with E-state index >= 15 is 0 Å². The summed E-state index contributed by atoms with van der Waals surface area (Å²) in [6.45, 7) is 10.2. The Balaban J connectivity index is 2.52. The van der Waals surface area contributed by atoms with E-state index in [-0.39, 0.29) is 5.63 Å². The van der Waals surface area contributed by atoms with Gasteiger partial charge in [-0.05, 0) is 37.0 Å². The highest BCUT2D eigenvalue weighted by atomic mass is 16.5. The maximum absolute atomic E-state index is 12.1. The minimum Gasteiger partial charge on any atom is -0.489 e. The zero-order valence-corrected chi connectivity index (χ0v) is 12.2. The van der Waals surface area contributed by atoms with Crippen LogP contribution in [0.15, 0.2) is 40.1 Å². The third kappa shape index (κ3) is 2.93. The van der Waals surface area contributed by atoms with Gasteiger partial charge in [0, 0.05) is 17.0 Å². The third-order valence-corrected chi connectivity index (χ3v) is 3.24. The summed E-state index contributed by atoms with van der Waals surface area (Å²) in [5, 5.41) is 0.964. The van der Waals surface area contributed by atoms with E-state index in [1.54, 1.807) is 12.1 Å². The first-order valence-corrected chi connectivity index (χ1v) is 6.83. The molecule has 0 radical (unpaired) electrons. The van der Waals surface area contributed by atoms with Crippen LogP contribution in [0.1, 0.15) is 25.0 Å². The van der Waals surface area contributed by atoms with Crippen LogP contribution in [0, 0.1) is 12.8 Å². The fraction of sp³-hybridized carbons (Fsp3) is 0.353. The normalized spacial score (nSPS) is 11.0. The lowest BCUT2D eigenvalue weighted by Gasteiger charge is -2.10. The van der Waals surface area contributed by atoms with Gasteiger partial charge in [-0.1, -0.05) is 26.5 Å². The Bertz CT molecular complexity index is 680. The van der Waals surface area contributed by atoms with Crippen molar-refractivity contribution >= 4 is 11.0 Å². The van der Waals surface area contributed by atoms with Gasteiger partial charge >= 0.3 is 5.63 Å². The highest BCUT2D eigenvalue weighted by Gasteiger charge is 2.13. The van der Waals surface area contributed by atoms with Crippen LogP contribution in [0.4, 0.5) is 0 Å². The van der Waals surface area contributed by atoms with Crippen molar-refractivity contribution in [2.45, 2.75) is 27.2 Å². The number of hydrogen-bond acceptors (Lipinski definition) is 3. The van der Waals surface area contributed by atoms with Gasteiger partial charge in [0.05, 0.1) is 0 Å². The van der Waals surface area contributed by atoms with Crippen molar-refractivity contribution in [3.8, 4) is 5.75 Å². The second-order valence-electron chi connectivity index (χ2n) is 5.35. The number of hydrogen-bond donors (Lipinski definition) is 0. The van der Waals surface area contributed by atoms with Crippen molar-refractivity contribution < 1.29 is 9.15 Å². The predicted molar refractivity (Wildman–Crippen MR) is 81.5 cm³/mol. The average Bonchev–Trinajstić information content (AvgIpc) is 2.40. The van der Waals surface area contributed by atoms with Gasteiger partial charge in [0.1, 0.15) is 17.9 Å². The van der Waals surface area contributed by atoms with E-state index in [0.29, 0.717) is 23.9 Å². The second kappa shape index (κ2) is 5.95. The van der Waals surface area contributed by atoms with Gasteiger partial charge < -0.3 is 9.15 Å². The van der Waals surface area contributed by atoms with Gasteiger partial charge in [-0.3, -0.25) is 0 Å². The first-order chi connectivity index (χ1) is 9.52. The van der Waals surface area contributed by atoms with E-state index in [0.717, 1.165) is 22.9 Å². The standard InChI is InChI=1S/C17H20O3/c1-5-8-19-13-6-7-14-12(4)15(9-11(2)3)17(18)20-16(14)10-13/h5-7,10-11H,1,8-9H2,2-4H3. The Labute approximate surface area is 118 Å². The van der Waals surface area contributed by atoms with Crippen molar-refractivity contribution in [3.63, 3.8) is 0 Å². The number of benzene rings is 1. The van der Waals surface area contributed by atoms with E-state index < -0.39 is 0 Å². The summed E-state index contributed by atoms with van der Waals surface area (Å²) in [5.41, 5.74) is 2.10. The molecule has 0 unspecified atom stereocenters. The van der Waals surface area contributed by atoms with Gasteiger partial charge in [-0.2, -0.15) is 0 Å². The first kappa shape index (κ1) is 14.4. The minimum absolute atomic E-state index is 0.246. The van der Waals surface area contributed by atoms with Crippen LogP contribution in [-0.4, -0.2) is 6.61 Å². The zero-order chi connectivity index (χ0) is 14.7. The lowest BCUT2D eigenvalue weighted by molar-refractivity contribution is 0.363. The molecular formula is C17H20O3. The molecule has 106 valence electrons. The number of ether oxygens (including phenoxy) is 1. The molecule has 3 nitrogen and oxygen atoms in total. The summed E-state index contributed by atoms with van der Waals surface area (Å²) in [6, 6.07) is 5.58. The van der Waals surface area contributed by atoms with E-state index in [1.807, 2.05) is 19.1 Å². The van der Waals surface area contributed by atoms with E-state index in [2.05, 4.69) is 20.4 Å². The Morgan fingerprint density at radius 3 is 2.80 bits per heavy atom. The van der Waals surface area contributed by atoms with Gasteiger partial charge in [0.2, 0.25) is 0 Å². The fourth-order valence-corrected chi connectivity index (χ4v) is 2.26. The molecule has 0 aliphatic heterocycles. The highest BCUT2D eigenvalue weighted by molar-refractivity contribution is 5.82. The van der Waals surface area contributed by atoms with Crippen LogP contribution in [-0.2, 0) is 6.42 Å². The molecule has 1 heterocycles. The topological polar surface area (TPSA) is 39.4 Å². The second-order valence-corrected chi connectivity index (χ2v) is 5.35. The van der Waals surface area contributed by atoms with Crippen molar-refractivity contribution in [1.82, 2.24) is 0 Å². The molecule has 0 saturated carbocycles. The van der Waals surface area contributed by atoms with Gasteiger partial charge in [-0.25, -0.2) is 4.79 Å². The minimum atomic E-state index is -0.246. The molecular weight excluding hydrogens is 252 g/mol. The number of aryl methyl sites for hydroxylation is 1. The summed E-state index contributed by atoms with van der Waals surface area (Å²) >= 11 is 0. The quantitative estimate of drug-likeness (QED) is 0.613. The maximum atomic E-state index is 12.1. The Hall–Kier alpha value is -2.03. The summed E-state index contributed by atoms with van der Waals surface area (Å²) in [5.74, 6) is 1.10. The Morgan fingerprint density at radius 2 is 2.15 bits per heavy atom. The summed E-state index contributed by atoms with van der Waals surface area (Å²) < 4.78 is 10.9. The molecule has 0 amide bonds. The van der Waals surface area contributed by atoms with Crippen LogP contribution in [0.25, 0.3) is 11.0 Å². The molecule has 20 heavy (non-hydrogen) atoms. The molecule has 1 aromatic carbocycles. The average molecular weight is 272 g/mol. The fourth-order valence-electron chi connectivity index (χ4n) is 2.26. The van der Waals surface area contributed by atoms with Crippen LogP contribution < -0.4 is 10.4 Å². The maximum Gasteiger partial charge on any atom is 0.339 e. The van der Waals surface area contributed by atoms with Crippen LogP contribution in [0.5, 0.6) is 5.75 Å².